The SMILES string of the molecule is CC(c1ccc(C(=O)N2CCC(c3ccncn3)CC2)o1)N1CCCCC1. The summed E-state index contributed by atoms with van der Waals surface area (Å²) < 4.78 is 5.97. The van der Waals surface area contributed by atoms with Crippen molar-refractivity contribution in [3.05, 3.63) is 47.9 Å². The van der Waals surface area contributed by atoms with E-state index in [1.807, 2.05) is 23.1 Å². The van der Waals surface area contributed by atoms with Gasteiger partial charge in [0.1, 0.15) is 12.1 Å². The van der Waals surface area contributed by atoms with Crippen LogP contribution >= 0.6 is 0 Å². The second kappa shape index (κ2) is 8.21. The van der Waals surface area contributed by atoms with Gasteiger partial charge in [0.15, 0.2) is 5.76 Å². The summed E-state index contributed by atoms with van der Waals surface area (Å²) in [7, 11) is 0. The van der Waals surface area contributed by atoms with Crippen LogP contribution in [-0.2, 0) is 0 Å². The van der Waals surface area contributed by atoms with Crippen molar-refractivity contribution in [1.29, 1.82) is 0 Å². The summed E-state index contributed by atoms with van der Waals surface area (Å²) in [5.41, 5.74) is 1.08. The fourth-order valence-corrected chi connectivity index (χ4v) is 4.25. The quantitative estimate of drug-likeness (QED) is 0.824. The maximum Gasteiger partial charge on any atom is 0.289 e. The fraction of sp³-hybridized carbons (Fsp3) is 0.571. The van der Waals surface area contributed by atoms with Crippen molar-refractivity contribution in [2.75, 3.05) is 26.2 Å². The fourth-order valence-electron chi connectivity index (χ4n) is 4.25. The Hall–Kier alpha value is -2.21. The molecule has 0 spiro atoms. The highest BCUT2D eigenvalue weighted by Crippen LogP contribution is 2.29. The lowest BCUT2D eigenvalue weighted by molar-refractivity contribution is 0.0672. The first-order valence-electron chi connectivity index (χ1n) is 10.1. The highest BCUT2D eigenvalue weighted by atomic mass is 16.4. The Bertz CT molecular complexity index is 747. The van der Waals surface area contributed by atoms with Gasteiger partial charge in [-0.25, -0.2) is 9.97 Å². The summed E-state index contributed by atoms with van der Waals surface area (Å²) >= 11 is 0. The number of aromatic nitrogens is 2. The predicted molar refractivity (Wildman–Crippen MR) is 102 cm³/mol. The van der Waals surface area contributed by atoms with Crippen molar-refractivity contribution < 1.29 is 9.21 Å². The number of carbonyl (C=O) groups excluding carboxylic acids is 1. The van der Waals surface area contributed by atoms with Gasteiger partial charge in [-0.1, -0.05) is 6.42 Å². The number of likely N-dealkylation sites (tertiary alicyclic amines) is 2. The van der Waals surface area contributed by atoms with Gasteiger partial charge in [-0.2, -0.15) is 0 Å². The Morgan fingerprint density at radius 2 is 1.89 bits per heavy atom. The zero-order valence-corrected chi connectivity index (χ0v) is 16.0. The molecule has 2 saturated heterocycles. The Labute approximate surface area is 160 Å². The van der Waals surface area contributed by atoms with Gasteiger partial charge in [-0.3, -0.25) is 9.69 Å². The zero-order chi connectivity index (χ0) is 18.6. The third kappa shape index (κ3) is 4.05. The Morgan fingerprint density at radius 3 is 2.59 bits per heavy atom. The van der Waals surface area contributed by atoms with Crippen molar-refractivity contribution in [2.24, 2.45) is 0 Å². The van der Waals surface area contributed by atoms with Crippen LogP contribution in [0, 0.1) is 0 Å². The number of hydrogen-bond donors (Lipinski definition) is 0. The second-order valence-electron chi connectivity index (χ2n) is 7.68. The number of carbonyl (C=O) groups is 1. The van der Waals surface area contributed by atoms with Gasteiger partial charge in [0.05, 0.1) is 6.04 Å². The molecule has 144 valence electrons. The number of furan rings is 1. The number of piperidine rings is 2. The van der Waals surface area contributed by atoms with Crippen molar-refractivity contribution in [3.8, 4) is 0 Å². The summed E-state index contributed by atoms with van der Waals surface area (Å²) in [5.74, 6) is 1.78. The lowest BCUT2D eigenvalue weighted by Gasteiger charge is -2.31. The molecule has 6 nitrogen and oxygen atoms in total. The Kier molecular flexibility index (Phi) is 5.53. The van der Waals surface area contributed by atoms with Crippen molar-refractivity contribution >= 4 is 5.91 Å². The molecule has 0 bridgehead atoms. The van der Waals surface area contributed by atoms with Crippen LogP contribution in [0.5, 0.6) is 0 Å². The molecule has 2 aliphatic heterocycles. The smallest absolute Gasteiger partial charge is 0.289 e. The molecule has 27 heavy (non-hydrogen) atoms. The molecule has 1 atom stereocenters. The van der Waals surface area contributed by atoms with E-state index < -0.39 is 0 Å². The lowest BCUT2D eigenvalue weighted by Crippen LogP contribution is -2.38. The van der Waals surface area contributed by atoms with Gasteiger partial charge < -0.3 is 9.32 Å². The van der Waals surface area contributed by atoms with Gasteiger partial charge in [0.25, 0.3) is 5.91 Å². The van der Waals surface area contributed by atoms with Crippen LogP contribution in [0.2, 0.25) is 0 Å². The largest absolute Gasteiger partial charge is 0.454 e. The van der Waals surface area contributed by atoms with E-state index in [1.54, 1.807) is 12.5 Å². The first-order valence-corrected chi connectivity index (χ1v) is 10.1. The van der Waals surface area contributed by atoms with Crippen LogP contribution in [0.25, 0.3) is 0 Å². The van der Waals surface area contributed by atoms with Gasteiger partial charge >= 0.3 is 0 Å². The molecule has 0 saturated carbocycles. The van der Waals surface area contributed by atoms with Gasteiger partial charge in [-0.05, 0) is 63.9 Å². The molecule has 0 radical (unpaired) electrons. The first-order chi connectivity index (χ1) is 13.2. The van der Waals surface area contributed by atoms with Gasteiger partial charge in [0, 0.05) is 30.9 Å². The lowest BCUT2D eigenvalue weighted by atomic mass is 9.93. The molecule has 1 unspecified atom stereocenters. The van der Waals surface area contributed by atoms with Crippen molar-refractivity contribution in [2.45, 2.75) is 51.0 Å². The third-order valence-electron chi connectivity index (χ3n) is 5.99. The zero-order valence-electron chi connectivity index (χ0n) is 16.0. The maximum atomic E-state index is 12.8. The number of rotatable bonds is 4. The van der Waals surface area contributed by atoms with E-state index in [-0.39, 0.29) is 11.9 Å². The molecular weight excluding hydrogens is 340 g/mol. The summed E-state index contributed by atoms with van der Waals surface area (Å²) in [6.45, 7) is 5.88. The highest BCUT2D eigenvalue weighted by molar-refractivity contribution is 5.91. The number of hydrogen-bond acceptors (Lipinski definition) is 5. The highest BCUT2D eigenvalue weighted by Gasteiger charge is 2.28. The molecule has 4 heterocycles. The summed E-state index contributed by atoms with van der Waals surface area (Å²) in [4.78, 5) is 25.5. The minimum Gasteiger partial charge on any atom is -0.454 e. The molecular formula is C21H28N4O2. The first kappa shape index (κ1) is 18.2. The second-order valence-corrected chi connectivity index (χ2v) is 7.68. The molecule has 2 aliphatic rings. The Balaban J connectivity index is 1.36. The molecule has 6 heteroatoms. The molecule has 2 aromatic rings. The number of amides is 1. The third-order valence-corrected chi connectivity index (χ3v) is 5.99. The van der Waals surface area contributed by atoms with Crippen molar-refractivity contribution in [1.82, 2.24) is 19.8 Å². The van der Waals surface area contributed by atoms with E-state index in [1.165, 1.54) is 19.3 Å². The van der Waals surface area contributed by atoms with Crippen LogP contribution in [0.1, 0.15) is 73.0 Å². The molecule has 2 aromatic heterocycles. The number of nitrogens with zero attached hydrogens (tertiary/aromatic N) is 4. The molecule has 1 amide bonds. The minimum absolute atomic E-state index is 0.00762. The maximum absolute atomic E-state index is 12.8. The van der Waals surface area contributed by atoms with Crippen LogP contribution in [0.4, 0.5) is 0 Å². The van der Waals surface area contributed by atoms with Gasteiger partial charge in [0.2, 0.25) is 0 Å². The van der Waals surface area contributed by atoms with Crippen LogP contribution in [0.15, 0.2) is 35.1 Å². The van der Waals surface area contributed by atoms with E-state index in [2.05, 4.69) is 21.8 Å². The van der Waals surface area contributed by atoms with E-state index in [0.29, 0.717) is 11.7 Å². The summed E-state index contributed by atoms with van der Waals surface area (Å²) in [6.07, 6.45) is 9.06. The molecule has 0 N–H and O–H groups in total. The van der Waals surface area contributed by atoms with E-state index in [0.717, 1.165) is 50.5 Å². The predicted octanol–water partition coefficient (Wildman–Crippen LogP) is 3.64. The molecule has 0 aromatic carbocycles. The monoisotopic (exact) mass is 368 g/mol. The average molecular weight is 368 g/mol. The van der Waals surface area contributed by atoms with E-state index in [9.17, 15) is 4.79 Å². The van der Waals surface area contributed by atoms with Crippen LogP contribution in [-0.4, -0.2) is 51.9 Å². The van der Waals surface area contributed by atoms with E-state index in [4.69, 9.17) is 4.42 Å². The standard InChI is InChI=1S/C21H28N4O2/c1-16(24-11-3-2-4-12-24)19-5-6-20(27-19)21(26)25-13-8-17(9-14-25)18-7-10-22-15-23-18/h5-7,10,15-17H,2-4,8-9,11-14H2,1H3. The normalized spacial score (nSPS) is 20.6. The molecule has 2 fully saturated rings. The Morgan fingerprint density at radius 1 is 1.11 bits per heavy atom. The van der Waals surface area contributed by atoms with Crippen LogP contribution < -0.4 is 0 Å². The summed E-state index contributed by atoms with van der Waals surface area (Å²) in [6, 6.07) is 6.02. The van der Waals surface area contributed by atoms with E-state index >= 15 is 0 Å². The van der Waals surface area contributed by atoms with Crippen LogP contribution in [0.3, 0.4) is 0 Å². The summed E-state index contributed by atoms with van der Waals surface area (Å²) in [5, 5.41) is 0. The topological polar surface area (TPSA) is 62.5 Å². The minimum atomic E-state index is 0.00762. The van der Waals surface area contributed by atoms with Crippen molar-refractivity contribution in [3.63, 3.8) is 0 Å². The van der Waals surface area contributed by atoms with Gasteiger partial charge in [-0.15, -0.1) is 0 Å². The molecule has 4 rings (SSSR count). The molecule has 0 aliphatic carbocycles. The average Bonchev–Trinajstić information content (AvgIpc) is 3.24.